The Bertz CT molecular complexity index is 912. The van der Waals surface area contributed by atoms with Crippen LogP contribution in [-0.4, -0.2) is 23.6 Å². The number of imidazole rings is 1. The van der Waals surface area contributed by atoms with Crippen LogP contribution in [0.15, 0.2) is 41.0 Å². The third-order valence-electron chi connectivity index (χ3n) is 3.60. The Kier molecular flexibility index (Phi) is 4.22. The van der Waals surface area contributed by atoms with E-state index in [1.807, 2.05) is 40.8 Å². The molecule has 0 aliphatic carbocycles. The van der Waals surface area contributed by atoms with Gasteiger partial charge in [-0.05, 0) is 46.3 Å². The number of methoxy groups -OCH3 is 2. The lowest BCUT2D eigenvalue weighted by Gasteiger charge is -2.10. The molecule has 116 valence electrons. The van der Waals surface area contributed by atoms with Crippen molar-refractivity contribution in [2.45, 2.75) is 6.42 Å². The number of ether oxygens (including phenoxy) is 2. The molecule has 0 aliphatic rings. The summed E-state index contributed by atoms with van der Waals surface area (Å²) in [5.74, 6) is 1.39. The van der Waals surface area contributed by atoms with Gasteiger partial charge in [-0.15, -0.1) is 0 Å². The van der Waals surface area contributed by atoms with E-state index in [2.05, 4.69) is 22.0 Å². The van der Waals surface area contributed by atoms with Gasteiger partial charge < -0.3 is 9.47 Å². The zero-order chi connectivity index (χ0) is 16.4. The number of nitriles is 1. The molecule has 5 nitrogen and oxygen atoms in total. The maximum atomic E-state index is 9.22. The van der Waals surface area contributed by atoms with Crippen LogP contribution in [-0.2, 0) is 6.42 Å². The van der Waals surface area contributed by atoms with Crippen molar-refractivity contribution in [2.75, 3.05) is 14.2 Å². The molecule has 0 radical (unpaired) electrons. The number of fused-ring (bicyclic) bond motifs is 1. The van der Waals surface area contributed by atoms with Crippen molar-refractivity contribution in [2.24, 2.45) is 0 Å². The van der Waals surface area contributed by atoms with E-state index in [4.69, 9.17) is 14.5 Å². The highest BCUT2D eigenvalue weighted by atomic mass is 79.9. The molecule has 0 unspecified atom stereocenters. The van der Waals surface area contributed by atoms with Crippen LogP contribution in [0, 0.1) is 11.3 Å². The Labute approximate surface area is 142 Å². The lowest BCUT2D eigenvalue weighted by molar-refractivity contribution is 0.404. The van der Waals surface area contributed by atoms with Crippen molar-refractivity contribution < 1.29 is 9.47 Å². The number of rotatable bonds is 4. The van der Waals surface area contributed by atoms with Gasteiger partial charge in [-0.2, -0.15) is 5.26 Å². The van der Waals surface area contributed by atoms with Crippen LogP contribution >= 0.6 is 15.9 Å². The topological polar surface area (TPSA) is 59.6 Å². The first-order chi connectivity index (χ1) is 11.2. The van der Waals surface area contributed by atoms with E-state index in [1.54, 1.807) is 14.2 Å². The van der Waals surface area contributed by atoms with Crippen molar-refractivity contribution in [3.63, 3.8) is 0 Å². The van der Waals surface area contributed by atoms with Crippen LogP contribution in [0.5, 0.6) is 11.5 Å². The quantitative estimate of drug-likeness (QED) is 0.653. The highest BCUT2D eigenvalue weighted by molar-refractivity contribution is 9.10. The molecule has 3 rings (SSSR count). The summed E-state index contributed by atoms with van der Waals surface area (Å²) in [5, 5.41) is 9.22. The monoisotopic (exact) mass is 371 g/mol. The van der Waals surface area contributed by atoms with Gasteiger partial charge in [0.2, 0.25) is 0 Å². The van der Waals surface area contributed by atoms with Gasteiger partial charge in [0.25, 0.3) is 0 Å². The van der Waals surface area contributed by atoms with Gasteiger partial charge in [-0.1, -0.05) is 6.07 Å². The maximum Gasteiger partial charge on any atom is 0.138 e. The molecule has 1 aromatic carbocycles. The lowest BCUT2D eigenvalue weighted by atomic mass is 10.1. The van der Waals surface area contributed by atoms with Crippen LogP contribution in [0.2, 0.25) is 0 Å². The standard InChI is InChI=1S/C17H14BrN3O2/c1-22-11-6-7-14(23-2)12(10-11)17-13(8-9-19)21-15(18)4-3-5-16(21)20-17/h3-7,10H,8H2,1-2H3. The fourth-order valence-electron chi connectivity index (χ4n) is 2.56. The molecule has 0 spiro atoms. The van der Waals surface area contributed by atoms with Crippen molar-refractivity contribution in [1.29, 1.82) is 5.26 Å². The van der Waals surface area contributed by atoms with Crippen LogP contribution in [0.25, 0.3) is 16.9 Å². The molecule has 0 saturated heterocycles. The predicted molar refractivity (Wildman–Crippen MR) is 90.7 cm³/mol. The second kappa shape index (κ2) is 6.31. The molecule has 0 N–H and O–H groups in total. The fourth-order valence-corrected chi connectivity index (χ4v) is 3.11. The largest absolute Gasteiger partial charge is 0.497 e. The second-order valence-electron chi connectivity index (χ2n) is 4.85. The van der Waals surface area contributed by atoms with Crippen molar-refractivity contribution in [1.82, 2.24) is 9.38 Å². The van der Waals surface area contributed by atoms with E-state index >= 15 is 0 Å². The Balaban J connectivity index is 2.34. The summed E-state index contributed by atoms with van der Waals surface area (Å²) in [6.07, 6.45) is 0.236. The first-order valence-electron chi connectivity index (χ1n) is 6.94. The normalized spacial score (nSPS) is 10.5. The zero-order valence-corrected chi connectivity index (χ0v) is 14.3. The van der Waals surface area contributed by atoms with E-state index < -0.39 is 0 Å². The Morgan fingerprint density at radius 2 is 2.04 bits per heavy atom. The Morgan fingerprint density at radius 3 is 2.74 bits per heavy atom. The summed E-state index contributed by atoms with van der Waals surface area (Å²) in [6, 6.07) is 13.5. The highest BCUT2D eigenvalue weighted by Gasteiger charge is 2.19. The minimum Gasteiger partial charge on any atom is -0.497 e. The molecule has 0 bridgehead atoms. The zero-order valence-electron chi connectivity index (χ0n) is 12.7. The summed E-state index contributed by atoms with van der Waals surface area (Å²) in [5.41, 5.74) is 3.09. The van der Waals surface area contributed by atoms with Gasteiger partial charge >= 0.3 is 0 Å². The highest BCUT2D eigenvalue weighted by Crippen LogP contribution is 2.36. The number of aromatic nitrogens is 2. The number of hydrogen-bond donors (Lipinski definition) is 0. The Hall–Kier alpha value is -2.52. The summed E-state index contributed by atoms with van der Waals surface area (Å²) in [6.45, 7) is 0. The summed E-state index contributed by atoms with van der Waals surface area (Å²) >= 11 is 3.52. The van der Waals surface area contributed by atoms with Gasteiger partial charge in [-0.25, -0.2) is 4.98 Å². The third-order valence-corrected chi connectivity index (χ3v) is 4.22. The van der Waals surface area contributed by atoms with Gasteiger partial charge in [0.15, 0.2) is 0 Å². The molecule has 0 amide bonds. The Morgan fingerprint density at radius 1 is 1.22 bits per heavy atom. The minimum absolute atomic E-state index is 0.236. The van der Waals surface area contributed by atoms with Gasteiger partial charge in [0.05, 0.1) is 42.7 Å². The number of halogens is 1. The SMILES string of the molecule is COc1ccc(OC)c(-c2nc3cccc(Br)n3c2CC#N)c1. The molecular weight excluding hydrogens is 358 g/mol. The first kappa shape index (κ1) is 15.4. The molecule has 23 heavy (non-hydrogen) atoms. The van der Waals surface area contributed by atoms with Gasteiger partial charge in [0, 0.05) is 5.56 Å². The van der Waals surface area contributed by atoms with Crippen molar-refractivity contribution >= 4 is 21.6 Å². The molecule has 0 aliphatic heterocycles. The first-order valence-corrected chi connectivity index (χ1v) is 7.74. The molecule has 0 saturated carbocycles. The number of hydrogen-bond acceptors (Lipinski definition) is 4. The van der Waals surface area contributed by atoms with E-state index in [0.29, 0.717) is 17.2 Å². The van der Waals surface area contributed by atoms with Crippen molar-refractivity contribution in [3.8, 4) is 28.8 Å². The number of pyridine rings is 1. The second-order valence-corrected chi connectivity index (χ2v) is 5.66. The third kappa shape index (κ3) is 2.64. The fraction of sp³-hybridized carbons (Fsp3) is 0.176. The van der Waals surface area contributed by atoms with E-state index in [1.165, 1.54) is 0 Å². The van der Waals surface area contributed by atoms with Crippen LogP contribution in [0.3, 0.4) is 0 Å². The van der Waals surface area contributed by atoms with Gasteiger partial charge in [-0.3, -0.25) is 4.40 Å². The van der Waals surface area contributed by atoms with E-state index in [-0.39, 0.29) is 6.42 Å². The number of benzene rings is 1. The average Bonchev–Trinajstić information content (AvgIpc) is 2.94. The van der Waals surface area contributed by atoms with Crippen molar-refractivity contribution in [3.05, 3.63) is 46.7 Å². The summed E-state index contributed by atoms with van der Waals surface area (Å²) in [7, 11) is 3.23. The molecule has 0 fully saturated rings. The maximum absolute atomic E-state index is 9.22. The summed E-state index contributed by atoms with van der Waals surface area (Å²) in [4.78, 5) is 4.69. The molecule has 3 aromatic rings. The van der Waals surface area contributed by atoms with E-state index in [0.717, 1.165) is 21.5 Å². The molecule has 6 heteroatoms. The van der Waals surface area contributed by atoms with Crippen LogP contribution < -0.4 is 9.47 Å². The average molecular weight is 372 g/mol. The molecule has 2 heterocycles. The van der Waals surface area contributed by atoms with Gasteiger partial charge in [0.1, 0.15) is 17.1 Å². The molecular formula is C17H14BrN3O2. The lowest BCUT2D eigenvalue weighted by Crippen LogP contribution is -1.97. The summed E-state index contributed by atoms with van der Waals surface area (Å²) < 4.78 is 13.5. The van der Waals surface area contributed by atoms with E-state index in [9.17, 15) is 5.26 Å². The van der Waals surface area contributed by atoms with Crippen LogP contribution in [0.4, 0.5) is 0 Å². The molecule has 0 atom stereocenters. The predicted octanol–water partition coefficient (Wildman–Crippen LogP) is 3.85. The van der Waals surface area contributed by atoms with Crippen LogP contribution in [0.1, 0.15) is 5.69 Å². The molecule has 2 aromatic heterocycles. The number of nitrogens with zero attached hydrogens (tertiary/aromatic N) is 3. The smallest absolute Gasteiger partial charge is 0.138 e. The minimum atomic E-state index is 0.236.